The summed E-state index contributed by atoms with van der Waals surface area (Å²) in [5, 5.41) is 0.483. The standard InChI is InChI=1S/C17H16ClNO3S/c1-14-6-2-3-7-17(14)22-13-5-4-12-19-23(20,21)16-10-8-15(18)9-11-16/h2-3,6-11,19H,12-13H2,1H3. The average Bonchev–Trinajstić information content (AvgIpc) is 2.52. The normalized spacial score (nSPS) is 10.7. The number of nitrogens with one attached hydrogen (secondary N) is 1. The van der Waals surface area contributed by atoms with E-state index in [1.165, 1.54) is 24.3 Å². The maximum absolute atomic E-state index is 12.0. The Labute approximate surface area is 141 Å². The SMILES string of the molecule is Cc1ccccc1OCC#CCNS(=O)(=O)c1ccc(Cl)cc1. The van der Waals surface area contributed by atoms with Crippen molar-refractivity contribution >= 4 is 21.6 Å². The number of ether oxygens (including phenoxy) is 1. The highest BCUT2D eigenvalue weighted by molar-refractivity contribution is 7.89. The summed E-state index contributed by atoms with van der Waals surface area (Å²) < 4.78 is 31.9. The van der Waals surface area contributed by atoms with Gasteiger partial charge in [-0.2, -0.15) is 4.72 Å². The van der Waals surface area contributed by atoms with E-state index >= 15 is 0 Å². The summed E-state index contributed by atoms with van der Waals surface area (Å²) in [5.74, 6) is 6.26. The van der Waals surface area contributed by atoms with Crippen molar-refractivity contribution in [2.75, 3.05) is 13.2 Å². The first-order valence-electron chi connectivity index (χ1n) is 6.88. The highest BCUT2D eigenvalue weighted by atomic mass is 35.5. The van der Waals surface area contributed by atoms with Crippen molar-refractivity contribution in [3.8, 4) is 17.6 Å². The topological polar surface area (TPSA) is 55.4 Å². The quantitative estimate of drug-likeness (QED) is 0.844. The van der Waals surface area contributed by atoms with E-state index in [1.807, 2.05) is 31.2 Å². The van der Waals surface area contributed by atoms with Crippen LogP contribution in [0.25, 0.3) is 0 Å². The fraction of sp³-hybridized carbons (Fsp3) is 0.176. The highest BCUT2D eigenvalue weighted by Gasteiger charge is 2.11. The third kappa shape index (κ3) is 5.29. The molecule has 0 aliphatic heterocycles. The third-order valence-electron chi connectivity index (χ3n) is 2.99. The van der Waals surface area contributed by atoms with Gasteiger partial charge in [0.2, 0.25) is 10.0 Å². The van der Waals surface area contributed by atoms with Gasteiger partial charge in [0.15, 0.2) is 0 Å². The summed E-state index contributed by atoms with van der Waals surface area (Å²) in [6.45, 7) is 2.17. The highest BCUT2D eigenvalue weighted by Crippen LogP contribution is 2.15. The van der Waals surface area contributed by atoms with E-state index in [0.29, 0.717) is 5.02 Å². The lowest BCUT2D eigenvalue weighted by molar-refractivity contribution is 0.367. The first-order chi connectivity index (χ1) is 11.0. The van der Waals surface area contributed by atoms with Crippen molar-refractivity contribution in [3.05, 3.63) is 59.1 Å². The largest absolute Gasteiger partial charge is 0.481 e. The van der Waals surface area contributed by atoms with Gasteiger partial charge in [-0.15, -0.1) is 0 Å². The molecule has 0 amide bonds. The van der Waals surface area contributed by atoms with Gasteiger partial charge in [0.1, 0.15) is 12.4 Å². The molecule has 0 radical (unpaired) electrons. The molecule has 2 rings (SSSR count). The van der Waals surface area contributed by atoms with Crippen LogP contribution in [0.4, 0.5) is 0 Å². The molecule has 0 aliphatic carbocycles. The zero-order chi connectivity index (χ0) is 16.7. The van der Waals surface area contributed by atoms with Gasteiger partial charge in [-0.05, 0) is 42.8 Å². The molecule has 0 atom stereocenters. The van der Waals surface area contributed by atoms with Gasteiger partial charge in [0, 0.05) is 5.02 Å². The van der Waals surface area contributed by atoms with E-state index in [9.17, 15) is 8.42 Å². The lowest BCUT2D eigenvalue weighted by atomic mass is 10.2. The number of hydrogen-bond donors (Lipinski definition) is 1. The number of para-hydroxylation sites is 1. The number of hydrogen-bond acceptors (Lipinski definition) is 3. The van der Waals surface area contributed by atoms with Crippen molar-refractivity contribution in [3.63, 3.8) is 0 Å². The molecule has 0 heterocycles. The van der Waals surface area contributed by atoms with E-state index in [-0.39, 0.29) is 18.0 Å². The third-order valence-corrected chi connectivity index (χ3v) is 4.66. The minimum absolute atomic E-state index is 0.0160. The van der Waals surface area contributed by atoms with E-state index in [0.717, 1.165) is 11.3 Å². The van der Waals surface area contributed by atoms with Crippen LogP contribution in [0.1, 0.15) is 5.56 Å². The van der Waals surface area contributed by atoms with Crippen molar-refractivity contribution in [2.45, 2.75) is 11.8 Å². The minimum Gasteiger partial charge on any atom is -0.481 e. The fourth-order valence-corrected chi connectivity index (χ4v) is 2.82. The molecule has 6 heteroatoms. The van der Waals surface area contributed by atoms with Gasteiger partial charge in [-0.25, -0.2) is 8.42 Å². The number of aryl methyl sites for hydroxylation is 1. The van der Waals surface area contributed by atoms with Crippen LogP contribution in [0.15, 0.2) is 53.4 Å². The van der Waals surface area contributed by atoms with Gasteiger partial charge in [-0.1, -0.05) is 41.6 Å². The van der Waals surface area contributed by atoms with Crippen LogP contribution in [-0.4, -0.2) is 21.6 Å². The molecule has 0 bridgehead atoms. The Hall–Kier alpha value is -2.00. The second-order valence-corrected chi connectivity index (χ2v) is 6.89. The average molecular weight is 350 g/mol. The van der Waals surface area contributed by atoms with Gasteiger partial charge in [0.05, 0.1) is 11.4 Å². The molecule has 1 N–H and O–H groups in total. The van der Waals surface area contributed by atoms with E-state index in [2.05, 4.69) is 16.6 Å². The Morgan fingerprint density at radius 3 is 2.48 bits per heavy atom. The van der Waals surface area contributed by atoms with Crippen LogP contribution in [0.3, 0.4) is 0 Å². The molecule has 0 aliphatic rings. The molecule has 0 unspecified atom stereocenters. The maximum atomic E-state index is 12.0. The molecular weight excluding hydrogens is 334 g/mol. The second-order valence-electron chi connectivity index (χ2n) is 4.69. The van der Waals surface area contributed by atoms with Crippen molar-refractivity contribution in [1.29, 1.82) is 0 Å². The summed E-state index contributed by atoms with van der Waals surface area (Å²) in [5.41, 5.74) is 1.03. The van der Waals surface area contributed by atoms with Gasteiger partial charge >= 0.3 is 0 Å². The van der Waals surface area contributed by atoms with Crippen molar-refractivity contribution in [1.82, 2.24) is 4.72 Å². The minimum atomic E-state index is -3.58. The van der Waals surface area contributed by atoms with Crippen LogP contribution in [0, 0.1) is 18.8 Å². The predicted molar refractivity (Wildman–Crippen MR) is 91.1 cm³/mol. The van der Waals surface area contributed by atoms with Crippen LogP contribution in [-0.2, 0) is 10.0 Å². The summed E-state index contributed by atoms with van der Waals surface area (Å²) in [6.07, 6.45) is 0. The Morgan fingerprint density at radius 2 is 1.78 bits per heavy atom. The van der Waals surface area contributed by atoms with E-state index < -0.39 is 10.0 Å². The smallest absolute Gasteiger partial charge is 0.241 e. The lowest BCUT2D eigenvalue weighted by Gasteiger charge is -2.05. The monoisotopic (exact) mass is 349 g/mol. The zero-order valence-electron chi connectivity index (χ0n) is 12.5. The van der Waals surface area contributed by atoms with Crippen LogP contribution >= 0.6 is 11.6 Å². The van der Waals surface area contributed by atoms with E-state index in [4.69, 9.17) is 16.3 Å². The summed E-state index contributed by atoms with van der Waals surface area (Å²) in [7, 11) is -3.58. The van der Waals surface area contributed by atoms with Gasteiger partial charge < -0.3 is 4.74 Å². The molecule has 0 saturated carbocycles. The zero-order valence-corrected chi connectivity index (χ0v) is 14.1. The van der Waals surface area contributed by atoms with Crippen molar-refractivity contribution in [2.24, 2.45) is 0 Å². The van der Waals surface area contributed by atoms with Crippen LogP contribution < -0.4 is 9.46 Å². The summed E-state index contributed by atoms with van der Waals surface area (Å²) >= 11 is 5.73. The van der Waals surface area contributed by atoms with E-state index in [1.54, 1.807) is 0 Å². The van der Waals surface area contributed by atoms with Gasteiger partial charge in [0.25, 0.3) is 0 Å². The molecule has 4 nitrogen and oxygen atoms in total. The molecular formula is C17H16ClNO3S. The lowest BCUT2D eigenvalue weighted by Crippen LogP contribution is -2.24. The van der Waals surface area contributed by atoms with Crippen LogP contribution in [0.2, 0.25) is 5.02 Å². The number of benzene rings is 2. The molecule has 0 fully saturated rings. The second kappa shape index (κ2) is 8.02. The first kappa shape index (κ1) is 17.4. The summed E-state index contributed by atoms with van der Waals surface area (Å²) in [6, 6.07) is 13.6. The molecule has 23 heavy (non-hydrogen) atoms. The number of sulfonamides is 1. The first-order valence-corrected chi connectivity index (χ1v) is 8.74. The Bertz CT molecular complexity index is 821. The number of rotatable bonds is 5. The molecule has 2 aromatic rings. The maximum Gasteiger partial charge on any atom is 0.241 e. The Morgan fingerprint density at radius 1 is 1.09 bits per heavy atom. The molecule has 0 aromatic heterocycles. The number of halogens is 1. The van der Waals surface area contributed by atoms with Crippen molar-refractivity contribution < 1.29 is 13.2 Å². The fourth-order valence-electron chi connectivity index (χ4n) is 1.77. The Kier molecular flexibility index (Phi) is 6.05. The predicted octanol–water partition coefficient (Wildman–Crippen LogP) is 3.01. The molecule has 120 valence electrons. The summed E-state index contributed by atoms with van der Waals surface area (Å²) in [4.78, 5) is 0.153. The van der Waals surface area contributed by atoms with Gasteiger partial charge in [-0.3, -0.25) is 0 Å². The van der Waals surface area contributed by atoms with Crippen LogP contribution in [0.5, 0.6) is 5.75 Å². The Balaban J connectivity index is 1.83. The molecule has 0 spiro atoms. The molecule has 0 saturated heterocycles. The molecule has 2 aromatic carbocycles.